The topological polar surface area (TPSA) is 105 Å². The van der Waals surface area contributed by atoms with E-state index in [0.29, 0.717) is 18.4 Å². The average Bonchev–Trinajstić information content (AvgIpc) is 2.71. The van der Waals surface area contributed by atoms with Crippen molar-refractivity contribution in [2.75, 3.05) is 30.5 Å². The van der Waals surface area contributed by atoms with Crippen molar-refractivity contribution in [3.05, 3.63) is 64.2 Å². The largest absolute Gasteiger partial charge is 0.385 e. The van der Waals surface area contributed by atoms with E-state index in [-0.39, 0.29) is 22.8 Å². The number of hydrogen-bond donors (Lipinski definition) is 2. The van der Waals surface area contributed by atoms with Gasteiger partial charge < -0.3 is 10.0 Å². The Hall–Kier alpha value is -2.49. The van der Waals surface area contributed by atoms with Crippen molar-refractivity contribution in [1.82, 2.24) is 0 Å². The van der Waals surface area contributed by atoms with E-state index in [0.717, 1.165) is 23.0 Å². The number of anilines is 1. The van der Waals surface area contributed by atoms with Crippen molar-refractivity contribution in [3.8, 4) is 0 Å². The Morgan fingerprint density at radius 3 is 2.09 bits per heavy atom. The molecule has 0 heterocycles. The van der Waals surface area contributed by atoms with Gasteiger partial charge in [-0.05, 0) is 25.1 Å². The van der Waals surface area contributed by atoms with E-state index >= 15 is 0 Å². The van der Waals surface area contributed by atoms with Crippen LogP contribution < -0.4 is 9.21 Å². The molecule has 0 spiro atoms. The molecule has 2 aromatic rings. The monoisotopic (exact) mass is 478 g/mol. The fraction of sp³-hybridized carbons (Fsp3) is 0.500. The molecule has 33 heavy (non-hydrogen) atoms. The summed E-state index contributed by atoms with van der Waals surface area (Å²) in [5.41, 5.74) is 0.855. The zero-order valence-electron chi connectivity index (χ0n) is 20.1. The number of sulfonamides is 1. The van der Waals surface area contributed by atoms with Gasteiger partial charge in [-0.25, -0.2) is 8.42 Å². The number of aliphatic hydroxyl groups is 1. The summed E-state index contributed by atoms with van der Waals surface area (Å²) in [7, 11) is -4.05. The van der Waals surface area contributed by atoms with Crippen LogP contribution in [-0.4, -0.2) is 50.7 Å². The molecule has 0 bridgehead atoms. The van der Waals surface area contributed by atoms with Crippen molar-refractivity contribution in [2.45, 2.75) is 45.6 Å². The third-order valence-electron chi connectivity index (χ3n) is 5.23. The summed E-state index contributed by atoms with van der Waals surface area (Å²) in [5.74, 6) is 0.852. The highest BCUT2D eigenvalue weighted by molar-refractivity contribution is 7.92. The molecule has 0 amide bonds. The van der Waals surface area contributed by atoms with Crippen LogP contribution in [0.4, 0.5) is 11.4 Å². The van der Waals surface area contributed by atoms with Gasteiger partial charge in [-0.2, -0.15) is 0 Å². The number of nitrogens with one attached hydrogen (secondary N) is 1. The first-order chi connectivity index (χ1) is 15.4. The summed E-state index contributed by atoms with van der Waals surface area (Å²) in [4.78, 5) is 12.0. The molecule has 0 unspecified atom stereocenters. The van der Waals surface area contributed by atoms with Gasteiger partial charge in [0.25, 0.3) is 15.7 Å². The number of quaternary nitrogens is 1. The van der Waals surface area contributed by atoms with Gasteiger partial charge in [0.15, 0.2) is 0 Å². The van der Waals surface area contributed by atoms with Crippen LogP contribution in [0.5, 0.6) is 0 Å². The second kappa shape index (κ2) is 11.6. The molecule has 8 nitrogen and oxygen atoms in total. The van der Waals surface area contributed by atoms with Crippen LogP contribution in [0, 0.1) is 28.9 Å². The molecular formula is C24H36N3O5S+. The molecule has 182 valence electrons. The van der Waals surface area contributed by atoms with E-state index in [1.165, 1.54) is 41.3 Å². The highest BCUT2D eigenvalue weighted by Gasteiger charge is 2.30. The summed E-state index contributed by atoms with van der Waals surface area (Å²) < 4.78 is 28.2. The molecule has 0 saturated heterocycles. The maximum Gasteiger partial charge on any atom is 0.271 e. The molecule has 2 rings (SSSR count). The van der Waals surface area contributed by atoms with Crippen molar-refractivity contribution >= 4 is 21.4 Å². The normalized spacial score (nSPS) is 13.0. The zero-order chi connectivity index (χ0) is 24.8. The Labute approximate surface area is 197 Å². The number of non-ortho nitro benzene ring substituents is 1. The van der Waals surface area contributed by atoms with Gasteiger partial charge in [0.2, 0.25) is 0 Å². The van der Waals surface area contributed by atoms with Crippen LogP contribution in [0.3, 0.4) is 0 Å². The third kappa shape index (κ3) is 7.80. The van der Waals surface area contributed by atoms with Crippen LogP contribution in [0.25, 0.3) is 0 Å². The predicted molar refractivity (Wildman–Crippen MR) is 130 cm³/mol. The standard InChI is InChI=1S/C24H35N3O5S/c1-18(2)14-25(15-19(3)4)16-23(28)17-26(21-7-6-8-22(13-21)27(29)30)33(31,32)24-11-9-20(5)10-12-24/h6-13,18-19,23,28H,14-17H2,1-5H3/p+1/t23-/m0/s1. The van der Waals surface area contributed by atoms with Crippen LogP contribution >= 0.6 is 0 Å². The number of aryl methyl sites for hydroxylation is 1. The van der Waals surface area contributed by atoms with Gasteiger partial charge in [0.1, 0.15) is 12.6 Å². The van der Waals surface area contributed by atoms with E-state index in [1.807, 2.05) is 6.92 Å². The Kier molecular flexibility index (Phi) is 9.39. The molecule has 2 aromatic carbocycles. The second-order valence-electron chi connectivity index (χ2n) is 9.43. The maximum atomic E-state index is 13.5. The molecule has 0 saturated carbocycles. The summed E-state index contributed by atoms with van der Waals surface area (Å²) in [6.45, 7) is 12.2. The number of nitrogens with zero attached hydrogens (tertiary/aromatic N) is 2. The third-order valence-corrected chi connectivity index (χ3v) is 7.04. The van der Waals surface area contributed by atoms with Crippen LogP contribution in [0.1, 0.15) is 33.3 Å². The SMILES string of the molecule is Cc1ccc(S(=O)(=O)N(C[C@@H](O)C[NH+](CC(C)C)CC(C)C)c2cccc([N+](=O)[O-])c2)cc1. The zero-order valence-corrected chi connectivity index (χ0v) is 20.9. The Morgan fingerprint density at radius 2 is 1.58 bits per heavy atom. The molecule has 0 radical (unpaired) electrons. The molecule has 0 aliphatic carbocycles. The van der Waals surface area contributed by atoms with Crippen molar-refractivity contribution in [2.24, 2.45) is 11.8 Å². The first kappa shape index (κ1) is 26.8. The Morgan fingerprint density at radius 1 is 1.00 bits per heavy atom. The first-order valence-corrected chi connectivity index (χ1v) is 12.7. The van der Waals surface area contributed by atoms with Crippen LogP contribution in [0.15, 0.2) is 53.4 Å². The van der Waals surface area contributed by atoms with Crippen molar-refractivity contribution < 1.29 is 23.3 Å². The minimum atomic E-state index is -4.05. The van der Waals surface area contributed by atoms with Gasteiger partial charge in [0, 0.05) is 24.0 Å². The van der Waals surface area contributed by atoms with E-state index < -0.39 is 21.1 Å². The minimum absolute atomic E-state index is 0.0698. The number of nitro benzene ring substituents is 1. The second-order valence-corrected chi connectivity index (χ2v) is 11.3. The van der Waals surface area contributed by atoms with Crippen molar-refractivity contribution in [3.63, 3.8) is 0 Å². The molecular weight excluding hydrogens is 442 g/mol. The number of rotatable bonds is 12. The van der Waals surface area contributed by atoms with Gasteiger partial charge in [0.05, 0.1) is 35.1 Å². The lowest BCUT2D eigenvalue weighted by Gasteiger charge is -2.30. The smallest absolute Gasteiger partial charge is 0.271 e. The summed E-state index contributed by atoms with van der Waals surface area (Å²) in [6.07, 6.45) is -0.947. The van der Waals surface area contributed by atoms with E-state index in [9.17, 15) is 23.6 Å². The van der Waals surface area contributed by atoms with Crippen LogP contribution in [-0.2, 0) is 10.0 Å². The molecule has 0 aliphatic heterocycles. The molecule has 0 aromatic heterocycles. The van der Waals surface area contributed by atoms with Gasteiger partial charge >= 0.3 is 0 Å². The number of benzene rings is 2. The lowest BCUT2D eigenvalue weighted by Crippen LogP contribution is -3.14. The number of hydrogen-bond acceptors (Lipinski definition) is 5. The maximum absolute atomic E-state index is 13.5. The molecule has 0 aliphatic rings. The number of nitro groups is 1. The quantitative estimate of drug-likeness (QED) is 0.360. The highest BCUT2D eigenvalue weighted by Crippen LogP contribution is 2.27. The van der Waals surface area contributed by atoms with E-state index in [4.69, 9.17) is 0 Å². The molecule has 9 heteroatoms. The van der Waals surface area contributed by atoms with Gasteiger partial charge in [-0.1, -0.05) is 51.5 Å². The summed E-state index contributed by atoms with van der Waals surface area (Å²) in [6, 6.07) is 11.9. The van der Waals surface area contributed by atoms with E-state index in [2.05, 4.69) is 27.7 Å². The number of aliphatic hydroxyl groups excluding tert-OH is 1. The van der Waals surface area contributed by atoms with Crippen LogP contribution in [0.2, 0.25) is 0 Å². The van der Waals surface area contributed by atoms with Crippen molar-refractivity contribution in [1.29, 1.82) is 0 Å². The van der Waals surface area contributed by atoms with Gasteiger partial charge in [-0.15, -0.1) is 0 Å². The van der Waals surface area contributed by atoms with Gasteiger partial charge in [-0.3, -0.25) is 14.4 Å². The fourth-order valence-electron chi connectivity index (χ4n) is 3.94. The summed E-state index contributed by atoms with van der Waals surface area (Å²) in [5, 5.41) is 22.2. The molecule has 2 N–H and O–H groups in total. The first-order valence-electron chi connectivity index (χ1n) is 11.3. The molecule has 1 atom stereocenters. The predicted octanol–water partition coefficient (Wildman–Crippen LogP) is 2.66. The van der Waals surface area contributed by atoms with E-state index in [1.54, 1.807) is 12.1 Å². The summed E-state index contributed by atoms with van der Waals surface area (Å²) >= 11 is 0. The Balaban J connectivity index is 2.41. The minimum Gasteiger partial charge on any atom is -0.385 e. The molecule has 0 fully saturated rings. The average molecular weight is 479 g/mol. The Bertz CT molecular complexity index is 1010. The fourth-order valence-corrected chi connectivity index (χ4v) is 5.43. The lowest BCUT2D eigenvalue weighted by atomic mass is 10.1. The lowest BCUT2D eigenvalue weighted by molar-refractivity contribution is -0.909. The highest BCUT2D eigenvalue weighted by atomic mass is 32.2.